The Bertz CT molecular complexity index is 1310. The summed E-state index contributed by atoms with van der Waals surface area (Å²) >= 11 is 0. The first-order valence-electron chi connectivity index (χ1n) is 11.0. The van der Waals surface area contributed by atoms with E-state index in [1.807, 2.05) is 4.98 Å². The van der Waals surface area contributed by atoms with E-state index in [2.05, 4.69) is 10.3 Å². The number of nitrogens with one attached hydrogen (secondary N) is 3. The highest BCUT2D eigenvalue weighted by atomic mass is 19.1. The highest BCUT2D eigenvalue weighted by Gasteiger charge is 2.45. The Balaban J connectivity index is 0.000000180. The number of hydrogen-bond acceptors (Lipinski definition) is 4. The second kappa shape index (κ2) is 9.84. The van der Waals surface area contributed by atoms with Crippen LogP contribution in [0.25, 0.3) is 10.9 Å². The SMILES string of the molecule is O=C(CCC12CCC(CC1)O2)NCc1ccc(F)cc1F.O=c1[nH]c(=O)c2cc(F)ccc2[nH]1. The standard InChI is InChI=1S/C16H19F2NO2.C8H5FN2O2/c17-12-2-1-11(14(18)9-12)10-19-15(20)5-8-16-6-3-13(21-16)4-7-16;9-4-1-2-6-5(3-4)7(12)11-8(13)10-6/h1-2,9,13H,3-8,10H2,(H,19,20);1-3H,(H2,10,11,12,13). The quantitative estimate of drug-likeness (QED) is 0.526. The molecule has 0 radical (unpaired) electrons. The Morgan fingerprint density at radius 3 is 2.41 bits per heavy atom. The maximum atomic E-state index is 13.4. The molecule has 0 atom stereocenters. The van der Waals surface area contributed by atoms with E-state index in [1.54, 1.807) is 0 Å². The van der Waals surface area contributed by atoms with Gasteiger partial charge in [-0.2, -0.15) is 0 Å². The lowest BCUT2D eigenvalue weighted by molar-refractivity contribution is -0.122. The molecule has 7 nitrogen and oxygen atoms in total. The van der Waals surface area contributed by atoms with Crippen molar-refractivity contribution in [1.29, 1.82) is 0 Å². The summed E-state index contributed by atoms with van der Waals surface area (Å²) in [5.74, 6) is -1.88. The van der Waals surface area contributed by atoms with E-state index in [0.29, 0.717) is 23.6 Å². The first-order chi connectivity index (χ1) is 16.2. The summed E-state index contributed by atoms with van der Waals surface area (Å²) in [6.07, 6.45) is 5.78. The van der Waals surface area contributed by atoms with Gasteiger partial charge in [0.25, 0.3) is 5.56 Å². The molecule has 3 aromatic rings. The maximum absolute atomic E-state index is 13.4. The lowest BCUT2D eigenvalue weighted by Gasteiger charge is -2.24. The zero-order valence-corrected chi connectivity index (χ0v) is 18.3. The fourth-order valence-corrected chi connectivity index (χ4v) is 4.44. The van der Waals surface area contributed by atoms with Crippen molar-refractivity contribution >= 4 is 16.8 Å². The van der Waals surface area contributed by atoms with Crippen molar-refractivity contribution in [3.63, 3.8) is 0 Å². The molecule has 2 aliphatic heterocycles. The third-order valence-electron chi connectivity index (χ3n) is 6.26. The van der Waals surface area contributed by atoms with Gasteiger partial charge in [0.1, 0.15) is 17.5 Å². The molecule has 34 heavy (non-hydrogen) atoms. The first kappa shape index (κ1) is 23.7. The second-order valence-electron chi connectivity index (χ2n) is 8.61. The van der Waals surface area contributed by atoms with Gasteiger partial charge in [-0.1, -0.05) is 6.07 Å². The van der Waals surface area contributed by atoms with Crippen LogP contribution in [0.5, 0.6) is 0 Å². The lowest BCUT2D eigenvalue weighted by Crippen LogP contribution is -2.29. The van der Waals surface area contributed by atoms with Gasteiger partial charge in [0.2, 0.25) is 5.91 Å². The normalized spacial score (nSPS) is 20.7. The number of hydrogen-bond donors (Lipinski definition) is 3. The molecule has 3 heterocycles. The largest absolute Gasteiger partial charge is 0.372 e. The van der Waals surface area contributed by atoms with Crippen molar-refractivity contribution in [2.75, 3.05) is 0 Å². The van der Waals surface area contributed by atoms with Crippen LogP contribution in [-0.4, -0.2) is 27.6 Å². The summed E-state index contributed by atoms with van der Waals surface area (Å²) in [6.45, 7) is 0.0848. The predicted octanol–water partition coefficient (Wildman–Crippen LogP) is 3.43. The Labute approximate surface area is 192 Å². The molecule has 180 valence electrons. The number of carbonyl (C=O) groups is 1. The molecule has 0 spiro atoms. The molecule has 3 N–H and O–H groups in total. The van der Waals surface area contributed by atoms with Gasteiger partial charge in [-0.15, -0.1) is 0 Å². The Hall–Kier alpha value is -3.40. The molecular weight excluding hydrogens is 451 g/mol. The van der Waals surface area contributed by atoms with Crippen molar-refractivity contribution in [3.05, 3.63) is 80.3 Å². The Kier molecular flexibility index (Phi) is 6.87. The van der Waals surface area contributed by atoms with E-state index in [9.17, 15) is 27.6 Å². The van der Waals surface area contributed by atoms with E-state index in [1.165, 1.54) is 24.3 Å². The molecule has 5 rings (SSSR count). The van der Waals surface area contributed by atoms with Gasteiger partial charge in [-0.05, 0) is 56.4 Å². The molecule has 0 unspecified atom stereocenters. The van der Waals surface area contributed by atoms with Crippen LogP contribution in [0.1, 0.15) is 44.1 Å². The summed E-state index contributed by atoms with van der Waals surface area (Å²) in [5.41, 5.74) is -0.651. The molecule has 2 aromatic carbocycles. The minimum absolute atomic E-state index is 0.0848. The minimum Gasteiger partial charge on any atom is -0.372 e. The second-order valence-corrected chi connectivity index (χ2v) is 8.61. The van der Waals surface area contributed by atoms with Crippen molar-refractivity contribution in [2.45, 2.75) is 56.8 Å². The third kappa shape index (κ3) is 5.56. The lowest BCUT2D eigenvalue weighted by atomic mass is 9.85. The number of ether oxygens (including phenoxy) is 1. The van der Waals surface area contributed by atoms with Crippen LogP contribution in [0, 0.1) is 17.5 Å². The molecule has 2 fully saturated rings. The molecular formula is C24H24F3N3O4. The number of rotatable bonds is 5. The highest BCUT2D eigenvalue weighted by Crippen LogP contribution is 2.46. The van der Waals surface area contributed by atoms with Crippen LogP contribution < -0.4 is 16.6 Å². The van der Waals surface area contributed by atoms with E-state index >= 15 is 0 Å². The van der Waals surface area contributed by atoms with Crippen LogP contribution in [-0.2, 0) is 16.1 Å². The van der Waals surface area contributed by atoms with Crippen LogP contribution in [0.3, 0.4) is 0 Å². The minimum atomic E-state index is -0.633. The summed E-state index contributed by atoms with van der Waals surface area (Å²) < 4.78 is 44.8. The molecule has 1 amide bonds. The average Bonchev–Trinajstić information content (AvgIpc) is 3.40. The van der Waals surface area contributed by atoms with E-state index in [-0.39, 0.29) is 23.4 Å². The summed E-state index contributed by atoms with van der Waals surface area (Å²) in [7, 11) is 0. The topological polar surface area (TPSA) is 104 Å². The van der Waals surface area contributed by atoms with Crippen molar-refractivity contribution in [1.82, 2.24) is 15.3 Å². The molecule has 0 saturated carbocycles. The number of fused-ring (bicyclic) bond motifs is 3. The number of carbonyl (C=O) groups excluding carboxylic acids is 1. The number of amides is 1. The van der Waals surface area contributed by atoms with Crippen molar-refractivity contribution < 1.29 is 22.7 Å². The smallest absolute Gasteiger partial charge is 0.326 e. The number of halogens is 3. The molecule has 0 aliphatic carbocycles. The zero-order valence-electron chi connectivity index (χ0n) is 18.3. The Morgan fingerprint density at radius 1 is 1.03 bits per heavy atom. The molecule has 2 aliphatic rings. The van der Waals surface area contributed by atoms with Gasteiger partial charge in [-0.3, -0.25) is 14.6 Å². The van der Waals surface area contributed by atoms with Crippen molar-refractivity contribution in [3.8, 4) is 0 Å². The highest BCUT2D eigenvalue weighted by molar-refractivity contribution is 5.77. The van der Waals surface area contributed by atoms with Crippen LogP contribution >= 0.6 is 0 Å². The fraction of sp³-hybridized carbons (Fsp3) is 0.375. The van der Waals surface area contributed by atoms with Crippen LogP contribution in [0.15, 0.2) is 46.0 Å². The van der Waals surface area contributed by atoms with Crippen LogP contribution in [0.2, 0.25) is 0 Å². The number of benzene rings is 2. The Morgan fingerprint density at radius 2 is 1.74 bits per heavy atom. The van der Waals surface area contributed by atoms with Gasteiger partial charge in [-0.25, -0.2) is 18.0 Å². The number of H-pyrrole nitrogens is 2. The van der Waals surface area contributed by atoms with Crippen molar-refractivity contribution in [2.24, 2.45) is 0 Å². The first-order valence-corrected chi connectivity index (χ1v) is 11.0. The number of aromatic amines is 2. The molecule has 2 saturated heterocycles. The zero-order chi connectivity index (χ0) is 24.3. The number of aromatic nitrogens is 2. The van der Waals surface area contributed by atoms with Gasteiger partial charge in [0.05, 0.1) is 22.6 Å². The van der Waals surface area contributed by atoms with Gasteiger partial charge < -0.3 is 15.0 Å². The third-order valence-corrected chi connectivity index (χ3v) is 6.26. The predicted molar refractivity (Wildman–Crippen MR) is 119 cm³/mol. The van der Waals surface area contributed by atoms with E-state index in [4.69, 9.17) is 4.74 Å². The molecule has 1 aromatic heterocycles. The summed E-state index contributed by atoms with van der Waals surface area (Å²) in [5, 5.41) is 2.82. The summed E-state index contributed by atoms with van der Waals surface area (Å²) in [4.78, 5) is 38.1. The van der Waals surface area contributed by atoms with Gasteiger partial charge in [0, 0.05) is 24.6 Å². The molecule has 2 bridgehead atoms. The fourth-order valence-electron chi connectivity index (χ4n) is 4.44. The van der Waals surface area contributed by atoms with E-state index in [0.717, 1.165) is 44.2 Å². The van der Waals surface area contributed by atoms with Gasteiger partial charge >= 0.3 is 5.69 Å². The molecule has 10 heteroatoms. The van der Waals surface area contributed by atoms with Gasteiger partial charge in [0.15, 0.2) is 0 Å². The summed E-state index contributed by atoms with van der Waals surface area (Å²) in [6, 6.07) is 6.97. The average molecular weight is 475 g/mol. The van der Waals surface area contributed by atoms with E-state index < -0.39 is 28.7 Å². The monoisotopic (exact) mass is 475 g/mol. The maximum Gasteiger partial charge on any atom is 0.326 e. The van der Waals surface area contributed by atoms with Crippen LogP contribution in [0.4, 0.5) is 13.2 Å².